The molecule has 6 nitrogen and oxygen atoms in total. The van der Waals surface area contributed by atoms with Crippen LogP contribution in [0.1, 0.15) is 25.0 Å². The van der Waals surface area contributed by atoms with E-state index >= 15 is 0 Å². The molecule has 1 aliphatic heterocycles. The van der Waals surface area contributed by atoms with E-state index in [-0.39, 0.29) is 12.4 Å². The normalized spacial score (nSPS) is 14.4. The second-order valence-corrected chi connectivity index (χ2v) is 8.31. The van der Waals surface area contributed by atoms with Crippen LogP contribution in [0.2, 0.25) is 0 Å². The van der Waals surface area contributed by atoms with Crippen LogP contribution in [0.25, 0.3) is 11.3 Å². The quantitative estimate of drug-likeness (QED) is 0.567. The van der Waals surface area contributed by atoms with E-state index in [9.17, 15) is 9.18 Å². The molecule has 0 saturated carbocycles. The molecule has 0 spiro atoms. The van der Waals surface area contributed by atoms with Gasteiger partial charge in [0.25, 0.3) is 0 Å². The molecule has 1 saturated heterocycles. The van der Waals surface area contributed by atoms with Gasteiger partial charge in [0.15, 0.2) is 0 Å². The summed E-state index contributed by atoms with van der Waals surface area (Å²) < 4.78 is 18.3. The first-order chi connectivity index (χ1) is 15.2. The number of nitrogens with one attached hydrogen (secondary N) is 1. The van der Waals surface area contributed by atoms with Crippen molar-refractivity contribution in [3.8, 4) is 11.3 Å². The van der Waals surface area contributed by atoms with Gasteiger partial charge < -0.3 is 15.0 Å². The summed E-state index contributed by atoms with van der Waals surface area (Å²) in [5.41, 5.74) is 4.24. The highest BCUT2D eigenvalue weighted by molar-refractivity contribution is 7.07. The van der Waals surface area contributed by atoms with Crippen molar-refractivity contribution < 1.29 is 13.9 Å². The number of anilines is 1. The maximum Gasteiger partial charge on any atom is 0.407 e. The lowest BCUT2D eigenvalue weighted by molar-refractivity contribution is 0.137. The van der Waals surface area contributed by atoms with Crippen LogP contribution in [0.3, 0.4) is 0 Å². The number of carbonyl (C=O) groups excluding carboxylic acids is 1. The van der Waals surface area contributed by atoms with E-state index in [1.165, 1.54) is 23.5 Å². The third kappa shape index (κ3) is 6.01. The minimum Gasteiger partial charge on any atom is -0.443 e. The van der Waals surface area contributed by atoms with E-state index in [1.54, 1.807) is 17.6 Å². The molecular weight excluding hydrogens is 415 g/mol. The molecule has 31 heavy (non-hydrogen) atoms. The van der Waals surface area contributed by atoms with Crippen molar-refractivity contribution in [2.24, 2.45) is 5.92 Å². The number of amides is 1. The highest BCUT2D eigenvalue weighted by atomic mass is 32.1. The number of hydrogen-bond donors (Lipinski definition) is 1. The Bertz CT molecular complexity index is 974. The van der Waals surface area contributed by atoms with Gasteiger partial charge in [-0.05, 0) is 61.6 Å². The number of pyridine rings is 1. The second kappa shape index (κ2) is 10.3. The van der Waals surface area contributed by atoms with Gasteiger partial charge in [0.05, 0.1) is 16.9 Å². The van der Waals surface area contributed by atoms with Crippen molar-refractivity contribution in [1.29, 1.82) is 0 Å². The molecule has 4 rings (SSSR count). The van der Waals surface area contributed by atoms with Crippen molar-refractivity contribution in [2.45, 2.75) is 25.9 Å². The Balaban J connectivity index is 1.20. The van der Waals surface area contributed by atoms with E-state index in [0.717, 1.165) is 55.1 Å². The Morgan fingerprint density at radius 1 is 1.19 bits per heavy atom. The van der Waals surface area contributed by atoms with Crippen LogP contribution in [-0.4, -0.2) is 35.7 Å². The number of rotatable bonds is 7. The SMILES string of the molecule is O=C(NCCC1CCN(c2cccc(-c3ccc(F)cc3)n2)CC1)OCc1cscn1. The molecular formula is C23H25FN4O2S. The maximum atomic E-state index is 13.2. The molecule has 1 aliphatic rings. The van der Waals surface area contributed by atoms with E-state index in [2.05, 4.69) is 15.2 Å². The fourth-order valence-electron chi connectivity index (χ4n) is 3.71. The molecule has 1 aromatic carbocycles. The van der Waals surface area contributed by atoms with Gasteiger partial charge in [-0.1, -0.05) is 6.07 Å². The highest BCUT2D eigenvalue weighted by Gasteiger charge is 2.20. The summed E-state index contributed by atoms with van der Waals surface area (Å²) in [6.45, 7) is 2.67. The summed E-state index contributed by atoms with van der Waals surface area (Å²) in [7, 11) is 0. The molecule has 3 heterocycles. The first-order valence-electron chi connectivity index (χ1n) is 10.4. The smallest absolute Gasteiger partial charge is 0.407 e. The fourth-order valence-corrected chi connectivity index (χ4v) is 4.25. The van der Waals surface area contributed by atoms with Gasteiger partial charge in [-0.25, -0.2) is 19.2 Å². The molecule has 1 fully saturated rings. The zero-order valence-corrected chi connectivity index (χ0v) is 18.0. The van der Waals surface area contributed by atoms with Crippen LogP contribution in [0.4, 0.5) is 15.0 Å². The zero-order chi connectivity index (χ0) is 21.5. The number of nitrogens with zero attached hydrogens (tertiary/aromatic N) is 3. The number of ether oxygens (including phenoxy) is 1. The Hall–Kier alpha value is -3.00. The number of thiazole rings is 1. The molecule has 0 aliphatic carbocycles. The summed E-state index contributed by atoms with van der Waals surface area (Å²) in [6, 6.07) is 12.4. The standard InChI is InChI=1S/C23H25FN4O2S/c24-19-6-4-18(5-7-19)21-2-1-3-22(27-21)28-12-9-17(10-13-28)8-11-25-23(29)30-14-20-15-31-16-26-20/h1-7,15-17H,8-14H2,(H,25,29). The predicted octanol–water partition coefficient (Wildman–Crippen LogP) is 4.88. The van der Waals surface area contributed by atoms with Gasteiger partial charge >= 0.3 is 6.09 Å². The van der Waals surface area contributed by atoms with Gasteiger partial charge in [-0.2, -0.15) is 0 Å². The third-order valence-corrected chi connectivity index (χ3v) is 6.10. The lowest BCUT2D eigenvalue weighted by Gasteiger charge is -2.33. The fraction of sp³-hybridized carbons (Fsp3) is 0.348. The lowest BCUT2D eigenvalue weighted by Crippen LogP contribution is -2.35. The largest absolute Gasteiger partial charge is 0.443 e. The number of benzene rings is 1. The Morgan fingerprint density at radius 3 is 2.74 bits per heavy atom. The molecule has 2 aromatic heterocycles. The van der Waals surface area contributed by atoms with Crippen molar-refractivity contribution in [2.75, 3.05) is 24.5 Å². The lowest BCUT2D eigenvalue weighted by atomic mass is 9.93. The topological polar surface area (TPSA) is 67.4 Å². The summed E-state index contributed by atoms with van der Waals surface area (Å²) in [5, 5.41) is 4.69. The monoisotopic (exact) mass is 440 g/mol. The molecule has 1 N–H and O–H groups in total. The number of carbonyl (C=O) groups is 1. The molecule has 162 valence electrons. The summed E-state index contributed by atoms with van der Waals surface area (Å²) in [6.07, 6.45) is 2.64. The Morgan fingerprint density at radius 2 is 2.00 bits per heavy atom. The minimum atomic E-state index is -0.396. The number of aromatic nitrogens is 2. The van der Waals surface area contributed by atoms with Crippen molar-refractivity contribution in [1.82, 2.24) is 15.3 Å². The van der Waals surface area contributed by atoms with Gasteiger partial charge in [-0.15, -0.1) is 11.3 Å². The first kappa shape index (κ1) is 21.2. The molecule has 0 bridgehead atoms. The van der Waals surface area contributed by atoms with Crippen LogP contribution in [0.15, 0.2) is 53.4 Å². The zero-order valence-electron chi connectivity index (χ0n) is 17.2. The number of hydrogen-bond acceptors (Lipinski definition) is 6. The van der Waals surface area contributed by atoms with Gasteiger partial charge in [0, 0.05) is 30.6 Å². The maximum absolute atomic E-state index is 13.2. The van der Waals surface area contributed by atoms with Gasteiger partial charge in [0.1, 0.15) is 18.2 Å². The van der Waals surface area contributed by atoms with Crippen LogP contribution >= 0.6 is 11.3 Å². The summed E-state index contributed by atoms with van der Waals surface area (Å²) >= 11 is 1.48. The molecule has 8 heteroatoms. The number of piperidine rings is 1. The highest BCUT2D eigenvalue weighted by Crippen LogP contribution is 2.26. The average Bonchev–Trinajstić information content (AvgIpc) is 3.33. The average molecular weight is 441 g/mol. The Kier molecular flexibility index (Phi) is 7.09. The molecule has 3 aromatic rings. The van der Waals surface area contributed by atoms with Crippen LogP contribution in [0, 0.1) is 11.7 Å². The van der Waals surface area contributed by atoms with Crippen LogP contribution in [0.5, 0.6) is 0 Å². The molecule has 0 unspecified atom stereocenters. The minimum absolute atomic E-state index is 0.206. The number of alkyl carbamates (subject to hydrolysis) is 1. The van der Waals surface area contributed by atoms with Gasteiger partial charge in [0.2, 0.25) is 0 Å². The second-order valence-electron chi connectivity index (χ2n) is 7.59. The molecule has 0 radical (unpaired) electrons. The Labute approximate surface area is 185 Å². The summed E-state index contributed by atoms with van der Waals surface area (Å²) in [5.74, 6) is 1.27. The van der Waals surface area contributed by atoms with Crippen molar-refractivity contribution in [3.63, 3.8) is 0 Å². The number of halogens is 1. The van der Waals surface area contributed by atoms with E-state index < -0.39 is 6.09 Å². The van der Waals surface area contributed by atoms with Crippen molar-refractivity contribution in [3.05, 3.63) is 64.9 Å². The third-order valence-electron chi connectivity index (χ3n) is 5.47. The predicted molar refractivity (Wildman–Crippen MR) is 119 cm³/mol. The van der Waals surface area contributed by atoms with Crippen LogP contribution < -0.4 is 10.2 Å². The van der Waals surface area contributed by atoms with E-state index in [0.29, 0.717) is 12.5 Å². The molecule has 0 atom stereocenters. The first-order valence-corrected chi connectivity index (χ1v) is 11.4. The molecule has 1 amide bonds. The van der Waals surface area contributed by atoms with Crippen LogP contribution in [-0.2, 0) is 11.3 Å². The van der Waals surface area contributed by atoms with E-state index in [1.807, 2.05) is 23.6 Å². The van der Waals surface area contributed by atoms with Gasteiger partial charge in [-0.3, -0.25) is 0 Å². The summed E-state index contributed by atoms with van der Waals surface area (Å²) in [4.78, 5) is 22.9. The van der Waals surface area contributed by atoms with Crippen molar-refractivity contribution >= 4 is 23.2 Å². The van der Waals surface area contributed by atoms with E-state index in [4.69, 9.17) is 9.72 Å².